The highest BCUT2D eigenvalue weighted by Crippen LogP contribution is 2.41. The van der Waals surface area contributed by atoms with E-state index in [0.717, 1.165) is 50.3 Å². The molecule has 14 aromatic rings. The van der Waals surface area contributed by atoms with Crippen LogP contribution in [0.1, 0.15) is 0 Å². The van der Waals surface area contributed by atoms with Crippen molar-refractivity contribution >= 4 is 82.4 Å². The van der Waals surface area contributed by atoms with Crippen LogP contribution in [0.5, 0.6) is 0 Å². The fraction of sp³-hybridized carbons (Fsp3) is 0. The largest absolute Gasteiger partial charge is 0.456 e. The molecule has 0 atom stereocenters. The maximum Gasteiger partial charge on any atom is 0.136 e. The number of hydrogen-bond acceptors (Lipinski definition) is 2. The van der Waals surface area contributed by atoms with E-state index < -0.39 is 0 Å². The molecule has 0 unspecified atom stereocenters. The molecular formula is C68H44N2O. The molecule has 0 saturated heterocycles. The lowest BCUT2D eigenvalue weighted by molar-refractivity contribution is 0.669. The molecule has 332 valence electrons. The lowest BCUT2D eigenvalue weighted by Crippen LogP contribution is -2.09. The molecule has 3 heteroatoms. The highest BCUT2D eigenvalue weighted by Gasteiger charge is 2.17. The van der Waals surface area contributed by atoms with E-state index in [0.29, 0.717) is 0 Å². The highest BCUT2D eigenvalue weighted by atomic mass is 16.3. The molecule has 0 N–H and O–H groups in total. The zero-order chi connectivity index (χ0) is 46.8. The van der Waals surface area contributed by atoms with E-state index in [2.05, 4.69) is 264 Å². The van der Waals surface area contributed by atoms with E-state index in [1.54, 1.807) is 0 Å². The molecule has 0 aliphatic rings. The van der Waals surface area contributed by atoms with Crippen molar-refractivity contribution in [2.45, 2.75) is 0 Å². The number of nitrogens with zero attached hydrogens (tertiary/aromatic N) is 2. The zero-order valence-corrected chi connectivity index (χ0v) is 38.7. The number of aromatic nitrogens is 1. The van der Waals surface area contributed by atoms with Gasteiger partial charge in [-0.05, 0) is 139 Å². The summed E-state index contributed by atoms with van der Waals surface area (Å²) < 4.78 is 8.57. The van der Waals surface area contributed by atoms with Gasteiger partial charge in [0.1, 0.15) is 11.2 Å². The van der Waals surface area contributed by atoms with Crippen molar-refractivity contribution in [3.05, 3.63) is 267 Å². The van der Waals surface area contributed by atoms with Crippen LogP contribution < -0.4 is 4.90 Å². The summed E-state index contributed by atoms with van der Waals surface area (Å²) in [5, 5.41) is 9.81. The second kappa shape index (κ2) is 16.7. The third-order valence-corrected chi connectivity index (χ3v) is 14.4. The van der Waals surface area contributed by atoms with E-state index in [-0.39, 0.29) is 0 Å². The third kappa shape index (κ3) is 6.97. The Kier molecular flexibility index (Phi) is 9.53. The number of hydrogen-bond donors (Lipinski definition) is 0. The lowest BCUT2D eigenvalue weighted by atomic mass is 9.97. The normalized spacial score (nSPS) is 11.7. The summed E-state index contributed by atoms with van der Waals surface area (Å²) in [7, 11) is 0. The molecule has 0 aliphatic carbocycles. The van der Waals surface area contributed by atoms with Crippen molar-refractivity contribution < 1.29 is 4.42 Å². The summed E-state index contributed by atoms with van der Waals surface area (Å²) >= 11 is 0. The molecular weight excluding hydrogens is 861 g/mol. The summed E-state index contributed by atoms with van der Waals surface area (Å²) in [6, 6.07) is 96.7. The quantitative estimate of drug-likeness (QED) is 0.142. The van der Waals surface area contributed by atoms with Gasteiger partial charge in [-0.15, -0.1) is 0 Å². The van der Waals surface area contributed by atoms with Crippen LogP contribution in [0.15, 0.2) is 271 Å². The molecule has 14 rings (SSSR count). The first-order valence-corrected chi connectivity index (χ1v) is 24.3. The van der Waals surface area contributed by atoms with E-state index in [9.17, 15) is 0 Å². The van der Waals surface area contributed by atoms with Crippen LogP contribution in [0.4, 0.5) is 17.1 Å². The summed E-state index contributed by atoms with van der Waals surface area (Å²) in [6.45, 7) is 0. The van der Waals surface area contributed by atoms with Crippen LogP contribution in [-0.4, -0.2) is 4.57 Å². The van der Waals surface area contributed by atoms with Crippen molar-refractivity contribution in [1.82, 2.24) is 4.57 Å². The molecule has 0 spiro atoms. The fourth-order valence-corrected chi connectivity index (χ4v) is 10.9. The average Bonchev–Trinajstić information content (AvgIpc) is 4.00. The Hall–Kier alpha value is -9.44. The molecule has 3 nitrogen and oxygen atoms in total. The number of benzene rings is 12. The van der Waals surface area contributed by atoms with Crippen LogP contribution in [0.2, 0.25) is 0 Å². The Bertz CT molecular complexity index is 4240. The molecule has 0 aliphatic heterocycles. The number of anilines is 3. The monoisotopic (exact) mass is 904 g/mol. The second-order valence-corrected chi connectivity index (χ2v) is 18.5. The van der Waals surface area contributed by atoms with Gasteiger partial charge < -0.3 is 13.9 Å². The minimum atomic E-state index is 0.909. The Morgan fingerprint density at radius 2 is 0.718 bits per heavy atom. The van der Waals surface area contributed by atoms with Crippen molar-refractivity contribution in [3.8, 4) is 50.2 Å². The Balaban J connectivity index is 0.765. The van der Waals surface area contributed by atoms with Gasteiger partial charge in [-0.1, -0.05) is 194 Å². The third-order valence-electron chi connectivity index (χ3n) is 14.4. The van der Waals surface area contributed by atoms with Crippen molar-refractivity contribution in [2.75, 3.05) is 4.90 Å². The summed E-state index contributed by atoms with van der Waals surface area (Å²) in [4.78, 5) is 2.37. The molecule has 0 amide bonds. The minimum Gasteiger partial charge on any atom is -0.456 e. The molecule has 2 aromatic heterocycles. The van der Waals surface area contributed by atoms with Gasteiger partial charge in [0, 0.05) is 44.3 Å². The van der Waals surface area contributed by atoms with E-state index in [1.807, 2.05) is 12.1 Å². The SMILES string of the molecule is c1ccc2c(c1)ccc1cc(N(c3ccc(-c4ccc(-c5ccc(-n6c7ccccc7c7ccccc76)cc5)cc4)cc3)c3ccc(-c4ccc(-c5cccc6oc7ccccc7c56)cc4)cc3)ccc12. The molecule has 12 aromatic carbocycles. The molecule has 0 radical (unpaired) electrons. The number of rotatable bonds is 8. The maximum absolute atomic E-state index is 6.21. The van der Waals surface area contributed by atoms with Gasteiger partial charge in [-0.3, -0.25) is 0 Å². The number of fused-ring (bicyclic) bond motifs is 9. The second-order valence-electron chi connectivity index (χ2n) is 18.5. The first-order valence-electron chi connectivity index (χ1n) is 24.3. The molecule has 0 fully saturated rings. The molecule has 0 saturated carbocycles. The average molecular weight is 905 g/mol. The highest BCUT2D eigenvalue weighted by molar-refractivity contribution is 6.13. The van der Waals surface area contributed by atoms with Crippen molar-refractivity contribution in [1.29, 1.82) is 0 Å². The maximum atomic E-state index is 6.21. The Morgan fingerprint density at radius 3 is 1.32 bits per heavy atom. The molecule has 0 bridgehead atoms. The van der Waals surface area contributed by atoms with E-state index >= 15 is 0 Å². The lowest BCUT2D eigenvalue weighted by Gasteiger charge is -2.26. The molecule has 2 heterocycles. The van der Waals surface area contributed by atoms with Gasteiger partial charge in [-0.25, -0.2) is 0 Å². The zero-order valence-electron chi connectivity index (χ0n) is 38.7. The van der Waals surface area contributed by atoms with Crippen LogP contribution in [0.3, 0.4) is 0 Å². The summed E-state index contributed by atoms with van der Waals surface area (Å²) in [5.41, 5.74) is 18.1. The van der Waals surface area contributed by atoms with Gasteiger partial charge in [0.25, 0.3) is 0 Å². The smallest absolute Gasteiger partial charge is 0.136 e. The van der Waals surface area contributed by atoms with Gasteiger partial charge in [0.05, 0.1) is 11.0 Å². The molecule has 71 heavy (non-hydrogen) atoms. The minimum absolute atomic E-state index is 0.909. The van der Waals surface area contributed by atoms with Crippen LogP contribution in [-0.2, 0) is 0 Å². The van der Waals surface area contributed by atoms with Crippen molar-refractivity contribution in [3.63, 3.8) is 0 Å². The van der Waals surface area contributed by atoms with Gasteiger partial charge >= 0.3 is 0 Å². The predicted molar refractivity (Wildman–Crippen MR) is 299 cm³/mol. The van der Waals surface area contributed by atoms with Crippen LogP contribution in [0, 0.1) is 0 Å². The predicted octanol–water partition coefficient (Wildman–Crippen LogP) is 19.1. The standard InChI is InChI=1S/C68H44N2O/c1-2-11-58-51(10-1)28-29-53-44-57(42-43-59(53)58)69(55-38-32-49(33-39-55)47-24-26-52(27-25-47)60-15-9-19-67-68(60)63-14-5-8-18-66(63)71-67)54-36-30-48(31-37-54)45-20-22-46(23-21-45)50-34-40-56(41-35-50)70-64-16-6-3-12-61(64)62-13-4-7-17-65(62)70/h1-44H. The number of furan rings is 1. The summed E-state index contributed by atoms with van der Waals surface area (Å²) in [5.74, 6) is 0. The van der Waals surface area contributed by atoms with Crippen LogP contribution >= 0.6 is 0 Å². The fourth-order valence-electron chi connectivity index (χ4n) is 10.9. The van der Waals surface area contributed by atoms with E-state index in [1.165, 1.54) is 82.3 Å². The van der Waals surface area contributed by atoms with Gasteiger partial charge in [0.15, 0.2) is 0 Å². The Labute approximate surface area is 411 Å². The van der Waals surface area contributed by atoms with Crippen LogP contribution in [0.25, 0.3) is 115 Å². The first-order chi connectivity index (χ1) is 35.2. The topological polar surface area (TPSA) is 21.3 Å². The van der Waals surface area contributed by atoms with Gasteiger partial charge in [-0.2, -0.15) is 0 Å². The van der Waals surface area contributed by atoms with Gasteiger partial charge in [0.2, 0.25) is 0 Å². The van der Waals surface area contributed by atoms with E-state index in [4.69, 9.17) is 4.42 Å². The Morgan fingerprint density at radius 1 is 0.282 bits per heavy atom. The van der Waals surface area contributed by atoms with Crippen molar-refractivity contribution in [2.24, 2.45) is 0 Å². The summed E-state index contributed by atoms with van der Waals surface area (Å²) in [6.07, 6.45) is 0. The number of para-hydroxylation sites is 3. The first kappa shape index (κ1) is 40.6.